The minimum absolute atomic E-state index is 0.0371. The van der Waals surface area contributed by atoms with Crippen molar-refractivity contribution in [2.24, 2.45) is 0 Å². The van der Waals surface area contributed by atoms with Crippen LogP contribution in [0.2, 0.25) is 0 Å². The van der Waals surface area contributed by atoms with Gasteiger partial charge in [0.15, 0.2) is 5.78 Å². The number of hydrogen-bond donors (Lipinski definition) is 0. The molecule has 0 spiro atoms. The minimum Gasteiger partial charge on any atom is -0.439 e. The summed E-state index contributed by atoms with van der Waals surface area (Å²) in [7, 11) is 0. The monoisotopic (exact) mass is 497 g/mol. The van der Waals surface area contributed by atoms with E-state index in [1.54, 1.807) is 0 Å². The molecule has 38 heavy (non-hydrogen) atoms. The summed E-state index contributed by atoms with van der Waals surface area (Å²) in [5.74, 6) is 1.39. The number of ketones is 1. The number of hydrogen-bond acceptors (Lipinski definition) is 2. The van der Waals surface area contributed by atoms with Crippen molar-refractivity contribution in [1.29, 1.82) is 0 Å². The Bertz CT molecular complexity index is 1830. The molecule has 188 valence electrons. The second kappa shape index (κ2) is 7.48. The first-order valence-electron chi connectivity index (χ1n) is 13.3. The van der Waals surface area contributed by atoms with Crippen LogP contribution >= 0.6 is 0 Å². The summed E-state index contributed by atoms with van der Waals surface area (Å²) in [6.07, 6.45) is 0. The first kappa shape index (κ1) is 23.0. The maximum Gasteiger partial charge on any atom is 0.205 e. The van der Waals surface area contributed by atoms with Gasteiger partial charge in [0.25, 0.3) is 0 Å². The molecule has 0 unspecified atom stereocenters. The van der Waals surface area contributed by atoms with Crippen LogP contribution in [0.3, 0.4) is 0 Å². The second-order valence-electron chi connectivity index (χ2n) is 12.7. The fourth-order valence-corrected chi connectivity index (χ4v) is 5.90. The summed E-state index contributed by atoms with van der Waals surface area (Å²) in [6, 6.07) is 27.5. The van der Waals surface area contributed by atoms with Crippen molar-refractivity contribution in [3.8, 4) is 28.3 Å². The van der Waals surface area contributed by atoms with Crippen molar-refractivity contribution in [3.05, 3.63) is 101 Å². The Morgan fingerprint density at radius 2 is 1.24 bits per heavy atom. The lowest BCUT2D eigenvalue weighted by molar-refractivity contribution is 0.104. The number of fused-ring (bicyclic) bond motifs is 8. The number of benzene rings is 2. The first-order valence-corrected chi connectivity index (χ1v) is 13.3. The quantitative estimate of drug-likeness (QED) is 0.226. The fraction of sp³-hybridized carbons (Fsp3) is 0.229. The number of nitrogens with zero attached hydrogens (tertiary/aromatic N) is 1. The van der Waals surface area contributed by atoms with Gasteiger partial charge in [-0.15, -0.1) is 0 Å². The average molecular weight is 498 g/mol. The number of furan rings is 1. The molecule has 0 fully saturated rings. The maximum atomic E-state index is 13.6. The molecule has 0 amide bonds. The fourth-order valence-electron chi connectivity index (χ4n) is 5.90. The summed E-state index contributed by atoms with van der Waals surface area (Å²) in [5.41, 5.74) is 9.15. The standard InChI is InChI=1S/C35H31NO2/c1-34(2,3)21-12-14-28-24(17-21)25-18-22(35(4,5)6)13-15-29(25)36(28)30-19-27-32(37)31-23-11-9-7-8-10-20(23)16-26(31)33(27)38-30/h7-19H,1-6H3. The largest absolute Gasteiger partial charge is 0.439 e. The average Bonchev–Trinajstić information content (AvgIpc) is 3.53. The van der Waals surface area contributed by atoms with Gasteiger partial charge in [-0.25, -0.2) is 0 Å². The van der Waals surface area contributed by atoms with Crippen molar-refractivity contribution in [3.63, 3.8) is 0 Å². The van der Waals surface area contributed by atoms with Crippen molar-refractivity contribution in [2.45, 2.75) is 52.4 Å². The summed E-state index contributed by atoms with van der Waals surface area (Å²) >= 11 is 0. The third-order valence-corrected chi connectivity index (χ3v) is 8.06. The molecule has 0 radical (unpaired) electrons. The Morgan fingerprint density at radius 3 is 1.84 bits per heavy atom. The van der Waals surface area contributed by atoms with E-state index < -0.39 is 0 Å². The lowest BCUT2D eigenvalue weighted by Crippen LogP contribution is -2.10. The van der Waals surface area contributed by atoms with Gasteiger partial charge in [0.2, 0.25) is 5.88 Å². The Morgan fingerprint density at radius 1 is 0.632 bits per heavy atom. The zero-order valence-electron chi connectivity index (χ0n) is 22.8. The molecular weight excluding hydrogens is 466 g/mol. The highest BCUT2D eigenvalue weighted by Gasteiger charge is 2.36. The van der Waals surface area contributed by atoms with E-state index in [1.807, 2.05) is 30.3 Å². The molecule has 0 saturated carbocycles. The highest BCUT2D eigenvalue weighted by atomic mass is 16.4. The zero-order valence-corrected chi connectivity index (χ0v) is 22.8. The van der Waals surface area contributed by atoms with Crippen LogP contribution < -0.4 is 0 Å². The van der Waals surface area contributed by atoms with E-state index in [-0.39, 0.29) is 16.6 Å². The van der Waals surface area contributed by atoms with E-state index in [2.05, 4.69) is 94.6 Å². The Labute approximate surface area is 223 Å². The van der Waals surface area contributed by atoms with Gasteiger partial charge in [-0.1, -0.05) is 84.0 Å². The lowest BCUT2D eigenvalue weighted by Gasteiger charge is -2.19. The highest BCUT2D eigenvalue weighted by Crippen LogP contribution is 2.48. The Balaban J connectivity index is 1.50. The van der Waals surface area contributed by atoms with Crippen LogP contribution in [0.1, 0.15) is 68.6 Å². The Hall–Kier alpha value is -4.11. The van der Waals surface area contributed by atoms with E-state index in [1.165, 1.54) is 21.9 Å². The minimum atomic E-state index is 0.0371. The molecule has 0 N–H and O–H groups in total. The van der Waals surface area contributed by atoms with E-state index in [0.29, 0.717) is 17.2 Å². The van der Waals surface area contributed by atoms with Crippen molar-refractivity contribution < 1.29 is 9.21 Å². The maximum absolute atomic E-state index is 13.6. The Kier molecular flexibility index (Phi) is 4.53. The van der Waals surface area contributed by atoms with Gasteiger partial charge in [-0.05, 0) is 63.4 Å². The van der Waals surface area contributed by atoms with Gasteiger partial charge in [0.05, 0.1) is 16.6 Å². The molecule has 3 aliphatic rings. The molecule has 4 aromatic rings. The molecule has 0 aliphatic heterocycles. The van der Waals surface area contributed by atoms with E-state index >= 15 is 0 Å². The van der Waals surface area contributed by atoms with Gasteiger partial charge < -0.3 is 4.42 Å². The van der Waals surface area contributed by atoms with Crippen LogP contribution in [0.4, 0.5) is 0 Å². The summed E-state index contributed by atoms with van der Waals surface area (Å²) in [6.45, 7) is 13.5. The number of carbonyl (C=O) groups excluding carboxylic acids is 1. The van der Waals surface area contributed by atoms with Gasteiger partial charge in [-0.2, -0.15) is 0 Å². The smallest absolute Gasteiger partial charge is 0.205 e. The predicted molar refractivity (Wildman–Crippen MR) is 156 cm³/mol. The normalized spacial score (nSPS) is 13.6. The molecule has 0 bridgehead atoms. The topological polar surface area (TPSA) is 35.1 Å². The number of aromatic nitrogens is 1. The third kappa shape index (κ3) is 3.18. The molecule has 3 heteroatoms. The number of rotatable bonds is 1. The lowest BCUT2D eigenvalue weighted by atomic mass is 9.85. The van der Waals surface area contributed by atoms with Crippen LogP contribution in [-0.4, -0.2) is 10.4 Å². The third-order valence-electron chi connectivity index (χ3n) is 8.06. The molecule has 3 aliphatic carbocycles. The highest BCUT2D eigenvalue weighted by molar-refractivity contribution is 6.25. The van der Waals surface area contributed by atoms with Crippen molar-refractivity contribution >= 4 is 27.6 Å². The van der Waals surface area contributed by atoms with Crippen LogP contribution in [0, 0.1) is 0 Å². The second-order valence-corrected chi connectivity index (χ2v) is 12.7. The zero-order chi connectivity index (χ0) is 26.6. The molecule has 2 heterocycles. The van der Waals surface area contributed by atoms with E-state index in [4.69, 9.17) is 4.42 Å². The molecule has 7 rings (SSSR count). The summed E-state index contributed by atoms with van der Waals surface area (Å²) < 4.78 is 8.75. The summed E-state index contributed by atoms with van der Waals surface area (Å²) in [5, 5.41) is 2.40. The van der Waals surface area contributed by atoms with E-state index in [0.717, 1.165) is 33.3 Å². The molecule has 3 nitrogen and oxygen atoms in total. The first-order chi connectivity index (χ1) is 18.0. The number of carbonyl (C=O) groups is 1. The molecule has 2 aromatic heterocycles. The summed E-state index contributed by atoms with van der Waals surface area (Å²) in [4.78, 5) is 13.6. The van der Waals surface area contributed by atoms with Gasteiger partial charge in [0.1, 0.15) is 5.76 Å². The van der Waals surface area contributed by atoms with Crippen molar-refractivity contribution in [2.75, 3.05) is 0 Å². The van der Waals surface area contributed by atoms with Gasteiger partial charge in [0, 0.05) is 28.0 Å². The van der Waals surface area contributed by atoms with Crippen molar-refractivity contribution in [1.82, 2.24) is 4.57 Å². The van der Waals surface area contributed by atoms with Crippen LogP contribution in [-0.2, 0) is 10.8 Å². The van der Waals surface area contributed by atoms with Gasteiger partial charge >= 0.3 is 0 Å². The van der Waals surface area contributed by atoms with Crippen LogP contribution in [0.25, 0.3) is 50.1 Å². The molecule has 0 saturated heterocycles. The molecule has 0 atom stereocenters. The van der Waals surface area contributed by atoms with Crippen LogP contribution in [0.15, 0.2) is 83.3 Å². The van der Waals surface area contributed by atoms with E-state index in [9.17, 15) is 4.79 Å². The molecule has 2 aromatic carbocycles. The van der Waals surface area contributed by atoms with Gasteiger partial charge in [-0.3, -0.25) is 9.36 Å². The SMILES string of the molecule is CC(C)(C)c1ccc2c(c1)c1cc(C(C)(C)C)ccc1n2-c1cc2c(o1)-c1cc3cccccc-3c1C2=O. The molecular formula is C35H31NO2. The van der Waals surface area contributed by atoms with Crippen LogP contribution in [0.5, 0.6) is 0 Å². The predicted octanol–water partition coefficient (Wildman–Crippen LogP) is 9.29.